The van der Waals surface area contributed by atoms with E-state index in [1.807, 2.05) is 0 Å². The number of hydrogen-bond donors (Lipinski definition) is 2. The van der Waals surface area contributed by atoms with Gasteiger partial charge in [-0.2, -0.15) is 0 Å². The molecule has 5 nitrogen and oxygen atoms in total. The summed E-state index contributed by atoms with van der Waals surface area (Å²) in [6.07, 6.45) is 5.11. The van der Waals surface area contributed by atoms with Gasteiger partial charge in [0.15, 0.2) is 0 Å². The van der Waals surface area contributed by atoms with Crippen LogP contribution in [0.25, 0.3) is 0 Å². The molecule has 0 saturated heterocycles. The monoisotopic (exact) mass is 256 g/mol. The summed E-state index contributed by atoms with van der Waals surface area (Å²) < 4.78 is 5.28. The van der Waals surface area contributed by atoms with Crippen molar-refractivity contribution in [2.75, 3.05) is 13.2 Å². The number of unbranched alkanes of at least 4 members (excludes halogenated alkanes) is 1. The molecule has 2 N–H and O–H groups in total. The minimum atomic E-state index is -1.14. The van der Waals surface area contributed by atoms with Crippen LogP contribution in [0.15, 0.2) is 23.3 Å². The third kappa shape index (κ3) is 7.62. The Balaban J connectivity index is 4.31. The molecule has 0 aliphatic rings. The molecule has 0 aliphatic heterocycles. The average molecular weight is 256 g/mol. The maximum atomic E-state index is 10.9. The lowest BCUT2D eigenvalue weighted by atomic mass is 10.1. The number of carboxylic acid groups (broad SMARTS) is 2. The third-order valence-electron chi connectivity index (χ3n) is 2.22. The van der Waals surface area contributed by atoms with Crippen molar-refractivity contribution in [1.82, 2.24) is 0 Å². The largest absolute Gasteiger partial charge is 0.478 e. The maximum absolute atomic E-state index is 10.9. The minimum Gasteiger partial charge on any atom is -0.478 e. The Bertz CT molecular complexity index is 341. The summed E-state index contributed by atoms with van der Waals surface area (Å²) in [6.45, 7) is 4.52. The molecule has 18 heavy (non-hydrogen) atoms. The number of aliphatic carboxylic acids is 2. The molecule has 0 aromatic rings. The van der Waals surface area contributed by atoms with Crippen LogP contribution in [-0.4, -0.2) is 35.4 Å². The first-order valence-electron chi connectivity index (χ1n) is 5.91. The molecule has 5 heteroatoms. The van der Waals surface area contributed by atoms with Gasteiger partial charge in [-0.1, -0.05) is 19.4 Å². The summed E-state index contributed by atoms with van der Waals surface area (Å²) >= 11 is 0. The molecule has 0 saturated carbocycles. The molecule has 0 spiro atoms. The van der Waals surface area contributed by atoms with E-state index in [2.05, 4.69) is 6.92 Å². The van der Waals surface area contributed by atoms with E-state index < -0.39 is 11.9 Å². The zero-order valence-electron chi connectivity index (χ0n) is 10.8. The lowest BCUT2D eigenvalue weighted by Gasteiger charge is -2.01. The third-order valence-corrected chi connectivity index (χ3v) is 2.22. The standard InChI is InChI=1S/C13H20O5/c1-3-4-7-18-8-5-6-11(13(16)17)9-10(2)12(14)15/h6,9H,3-5,7-8H2,1-2H3,(H,14,15)(H,16,17). The van der Waals surface area contributed by atoms with Gasteiger partial charge in [0.1, 0.15) is 0 Å². The SMILES string of the molecule is CCCCOCCC=C(C=C(C)C(=O)O)C(=O)O. The molecule has 0 heterocycles. The zero-order chi connectivity index (χ0) is 14.0. The Morgan fingerprint density at radius 1 is 1.17 bits per heavy atom. The molecule has 0 fully saturated rings. The molecule has 0 radical (unpaired) electrons. The van der Waals surface area contributed by atoms with Crippen molar-refractivity contribution in [3.8, 4) is 0 Å². The first-order valence-corrected chi connectivity index (χ1v) is 5.91. The summed E-state index contributed by atoms with van der Waals surface area (Å²) in [5.74, 6) is -2.26. The van der Waals surface area contributed by atoms with Crippen LogP contribution in [0.2, 0.25) is 0 Å². The first kappa shape index (κ1) is 16.4. The summed E-state index contributed by atoms with van der Waals surface area (Å²) in [6, 6.07) is 0. The minimum absolute atomic E-state index is 0.00412. The maximum Gasteiger partial charge on any atom is 0.335 e. The second-order valence-corrected chi connectivity index (χ2v) is 3.85. The highest BCUT2D eigenvalue weighted by atomic mass is 16.5. The lowest BCUT2D eigenvalue weighted by Crippen LogP contribution is -2.03. The number of hydrogen-bond acceptors (Lipinski definition) is 3. The summed E-state index contributed by atoms with van der Waals surface area (Å²) in [7, 11) is 0. The Morgan fingerprint density at radius 3 is 2.33 bits per heavy atom. The molecule has 0 rings (SSSR count). The second kappa shape index (κ2) is 9.41. The Hall–Kier alpha value is -1.62. The van der Waals surface area contributed by atoms with Crippen molar-refractivity contribution in [3.05, 3.63) is 23.3 Å². The molecule has 0 aromatic heterocycles. The Kier molecular flexibility index (Phi) is 8.57. The van der Waals surface area contributed by atoms with E-state index in [0.717, 1.165) is 18.9 Å². The number of ether oxygens (including phenoxy) is 1. The predicted octanol–water partition coefficient (Wildman–Crippen LogP) is 2.24. The van der Waals surface area contributed by atoms with Crippen molar-refractivity contribution in [1.29, 1.82) is 0 Å². The summed E-state index contributed by atoms with van der Waals surface area (Å²) in [5.41, 5.74) is -0.0236. The smallest absolute Gasteiger partial charge is 0.335 e. The van der Waals surface area contributed by atoms with E-state index in [-0.39, 0.29) is 11.1 Å². The van der Waals surface area contributed by atoms with Crippen molar-refractivity contribution >= 4 is 11.9 Å². The highest BCUT2D eigenvalue weighted by Gasteiger charge is 2.07. The fraction of sp³-hybridized carbons (Fsp3) is 0.538. The fourth-order valence-electron chi connectivity index (χ4n) is 1.15. The number of carbonyl (C=O) groups is 2. The quantitative estimate of drug-likeness (QED) is 0.375. The highest BCUT2D eigenvalue weighted by molar-refractivity contribution is 5.94. The topological polar surface area (TPSA) is 83.8 Å². The van der Waals surface area contributed by atoms with E-state index in [1.165, 1.54) is 13.0 Å². The van der Waals surface area contributed by atoms with E-state index in [9.17, 15) is 9.59 Å². The molecule has 0 aromatic carbocycles. The van der Waals surface area contributed by atoms with Crippen LogP contribution in [0, 0.1) is 0 Å². The first-order chi connectivity index (χ1) is 8.49. The van der Waals surface area contributed by atoms with Gasteiger partial charge >= 0.3 is 11.9 Å². The van der Waals surface area contributed by atoms with E-state index >= 15 is 0 Å². The molecule has 102 valence electrons. The highest BCUT2D eigenvalue weighted by Crippen LogP contribution is 2.05. The van der Waals surface area contributed by atoms with Crippen molar-refractivity contribution in [2.45, 2.75) is 33.1 Å². The van der Waals surface area contributed by atoms with E-state index in [0.29, 0.717) is 19.6 Å². The van der Waals surface area contributed by atoms with Crippen LogP contribution in [0.3, 0.4) is 0 Å². The molecule has 0 bridgehead atoms. The van der Waals surface area contributed by atoms with Crippen LogP contribution in [0.4, 0.5) is 0 Å². The molecular formula is C13H20O5. The van der Waals surface area contributed by atoms with Gasteiger partial charge in [0.25, 0.3) is 0 Å². The van der Waals surface area contributed by atoms with Gasteiger partial charge in [-0.15, -0.1) is 0 Å². The van der Waals surface area contributed by atoms with Gasteiger partial charge in [0.2, 0.25) is 0 Å². The normalized spacial score (nSPS) is 12.6. The van der Waals surface area contributed by atoms with Gasteiger partial charge in [-0.25, -0.2) is 9.59 Å². The van der Waals surface area contributed by atoms with Crippen molar-refractivity contribution in [3.63, 3.8) is 0 Å². The summed E-state index contributed by atoms with van der Waals surface area (Å²) in [4.78, 5) is 21.5. The van der Waals surface area contributed by atoms with Gasteiger partial charge in [0.05, 0.1) is 12.2 Å². The average Bonchev–Trinajstić information content (AvgIpc) is 2.31. The second-order valence-electron chi connectivity index (χ2n) is 3.85. The van der Waals surface area contributed by atoms with Gasteiger partial charge in [-0.3, -0.25) is 0 Å². The fourth-order valence-corrected chi connectivity index (χ4v) is 1.15. The molecule has 0 unspecified atom stereocenters. The zero-order valence-corrected chi connectivity index (χ0v) is 10.8. The molecule has 0 aliphatic carbocycles. The lowest BCUT2D eigenvalue weighted by molar-refractivity contribution is -0.132. The molecular weight excluding hydrogens is 236 g/mol. The van der Waals surface area contributed by atoms with Crippen LogP contribution >= 0.6 is 0 Å². The Labute approximate surface area is 107 Å². The molecule has 0 atom stereocenters. The number of carboxylic acids is 2. The van der Waals surface area contributed by atoms with Gasteiger partial charge in [-0.05, 0) is 25.8 Å². The van der Waals surface area contributed by atoms with Crippen molar-refractivity contribution in [2.24, 2.45) is 0 Å². The van der Waals surface area contributed by atoms with E-state index in [4.69, 9.17) is 14.9 Å². The van der Waals surface area contributed by atoms with Crippen LogP contribution in [0.5, 0.6) is 0 Å². The predicted molar refractivity (Wildman–Crippen MR) is 67.5 cm³/mol. The van der Waals surface area contributed by atoms with Crippen molar-refractivity contribution < 1.29 is 24.5 Å². The van der Waals surface area contributed by atoms with Gasteiger partial charge in [0, 0.05) is 12.2 Å². The Morgan fingerprint density at radius 2 is 1.83 bits per heavy atom. The summed E-state index contributed by atoms with van der Waals surface area (Å²) in [5, 5.41) is 17.6. The van der Waals surface area contributed by atoms with Crippen LogP contribution in [-0.2, 0) is 14.3 Å². The van der Waals surface area contributed by atoms with Crippen LogP contribution in [0.1, 0.15) is 33.1 Å². The molecule has 0 amide bonds. The van der Waals surface area contributed by atoms with Gasteiger partial charge < -0.3 is 14.9 Å². The van der Waals surface area contributed by atoms with Crippen LogP contribution < -0.4 is 0 Å². The van der Waals surface area contributed by atoms with E-state index in [1.54, 1.807) is 0 Å². The number of rotatable bonds is 9.